The van der Waals surface area contributed by atoms with E-state index in [1.54, 1.807) is 28.4 Å². The van der Waals surface area contributed by atoms with Crippen LogP contribution in [0.1, 0.15) is 19.4 Å². The van der Waals surface area contributed by atoms with E-state index in [0.29, 0.717) is 18.0 Å². The van der Waals surface area contributed by atoms with Gasteiger partial charge in [-0.15, -0.1) is 0 Å². The van der Waals surface area contributed by atoms with E-state index in [4.69, 9.17) is 14.2 Å². The van der Waals surface area contributed by atoms with Gasteiger partial charge in [0.1, 0.15) is 5.75 Å². The first-order valence-corrected chi connectivity index (χ1v) is 8.91. The number of guanidine groups is 1. The third kappa shape index (κ3) is 5.70. The van der Waals surface area contributed by atoms with Gasteiger partial charge < -0.3 is 24.8 Å². The topological polar surface area (TPSA) is 64.1 Å². The van der Waals surface area contributed by atoms with Crippen molar-refractivity contribution in [2.45, 2.75) is 25.1 Å². The van der Waals surface area contributed by atoms with Crippen LogP contribution in [0.3, 0.4) is 0 Å². The van der Waals surface area contributed by atoms with Gasteiger partial charge in [0.15, 0.2) is 17.5 Å². The predicted molar refractivity (Wildman–Crippen MR) is 102 cm³/mol. The van der Waals surface area contributed by atoms with Crippen LogP contribution in [0.5, 0.6) is 17.2 Å². The molecule has 0 bridgehead atoms. The Bertz CT molecular complexity index is 562. The van der Waals surface area contributed by atoms with E-state index in [1.165, 1.54) is 0 Å². The van der Waals surface area contributed by atoms with Crippen LogP contribution < -0.4 is 24.8 Å². The molecule has 0 aliphatic rings. The molecule has 0 saturated heterocycles. The average molecular weight is 356 g/mol. The Balaban J connectivity index is 2.81. The molecule has 0 saturated carbocycles. The standard InChI is InChI=1S/C17H29N3O3S/c1-17(2,24-7)11-20-16(18-3)19-10-12-8-14(22-5)15(23-6)9-13(12)21-4/h8-9H,10-11H2,1-7H3,(H2,18,19,20). The smallest absolute Gasteiger partial charge is 0.191 e. The zero-order chi connectivity index (χ0) is 18.2. The third-order valence-electron chi connectivity index (χ3n) is 3.69. The molecule has 0 aliphatic heterocycles. The van der Waals surface area contributed by atoms with E-state index in [0.717, 1.165) is 23.8 Å². The van der Waals surface area contributed by atoms with Crippen molar-refractivity contribution >= 4 is 17.7 Å². The largest absolute Gasteiger partial charge is 0.496 e. The molecule has 1 rings (SSSR count). The first kappa shape index (κ1) is 20.3. The van der Waals surface area contributed by atoms with Crippen molar-refractivity contribution < 1.29 is 14.2 Å². The van der Waals surface area contributed by atoms with Crippen LogP contribution in [-0.2, 0) is 6.54 Å². The van der Waals surface area contributed by atoms with E-state index < -0.39 is 0 Å². The van der Waals surface area contributed by atoms with E-state index in [1.807, 2.05) is 23.9 Å². The molecule has 0 amide bonds. The Morgan fingerprint density at radius 1 is 1.04 bits per heavy atom. The number of nitrogens with one attached hydrogen (secondary N) is 2. The second-order valence-electron chi connectivity index (χ2n) is 5.76. The molecule has 2 N–H and O–H groups in total. The van der Waals surface area contributed by atoms with Crippen LogP contribution in [0.25, 0.3) is 0 Å². The van der Waals surface area contributed by atoms with Gasteiger partial charge in [0.25, 0.3) is 0 Å². The molecule has 0 fully saturated rings. The summed E-state index contributed by atoms with van der Waals surface area (Å²) in [6, 6.07) is 3.73. The minimum absolute atomic E-state index is 0.138. The SMILES string of the molecule is CN=C(NCc1cc(OC)c(OC)cc1OC)NCC(C)(C)SC. The van der Waals surface area contributed by atoms with Crippen LogP contribution >= 0.6 is 11.8 Å². The van der Waals surface area contributed by atoms with Gasteiger partial charge in [-0.25, -0.2) is 0 Å². The molecular weight excluding hydrogens is 326 g/mol. The zero-order valence-corrected chi connectivity index (χ0v) is 16.5. The lowest BCUT2D eigenvalue weighted by Crippen LogP contribution is -2.43. The average Bonchev–Trinajstić information content (AvgIpc) is 2.60. The second kappa shape index (κ2) is 9.52. The Kier molecular flexibility index (Phi) is 8.04. The van der Waals surface area contributed by atoms with Crippen molar-refractivity contribution in [2.75, 3.05) is 41.2 Å². The van der Waals surface area contributed by atoms with Crippen molar-refractivity contribution in [2.24, 2.45) is 4.99 Å². The molecule has 1 aromatic carbocycles. The number of nitrogens with zero attached hydrogens (tertiary/aromatic N) is 1. The summed E-state index contributed by atoms with van der Waals surface area (Å²) in [5.41, 5.74) is 0.960. The number of hydrogen-bond acceptors (Lipinski definition) is 5. The summed E-state index contributed by atoms with van der Waals surface area (Å²) in [6.07, 6.45) is 2.10. The Morgan fingerprint density at radius 2 is 1.62 bits per heavy atom. The monoisotopic (exact) mass is 355 g/mol. The quantitative estimate of drug-likeness (QED) is 0.552. The molecule has 0 unspecified atom stereocenters. The molecule has 7 heteroatoms. The summed E-state index contributed by atoms with van der Waals surface area (Å²) in [4.78, 5) is 4.26. The number of thioether (sulfide) groups is 1. The van der Waals surface area contributed by atoms with Crippen molar-refractivity contribution in [3.05, 3.63) is 17.7 Å². The van der Waals surface area contributed by atoms with Crippen molar-refractivity contribution in [1.29, 1.82) is 0 Å². The van der Waals surface area contributed by atoms with Crippen molar-refractivity contribution in [1.82, 2.24) is 10.6 Å². The van der Waals surface area contributed by atoms with Crippen molar-refractivity contribution in [3.63, 3.8) is 0 Å². The Labute approximate surface area is 149 Å². The highest BCUT2D eigenvalue weighted by molar-refractivity contribution is 7.99. The van der Waals surface area contributed by atoms with Gasteiger partial charge in [-0.2, -0.15) is 11.8 Å². The predicted octanol–water partition coefficient (Wildman–Crippen LogP) is 2.52. The van der Waals surface area contributed by atoms with Gasteiger partial charge in [-0.1, -0.05) is 0 Å². The van der Waals surface area contributed by atoms with Crippen LogP contribution in [0.15, 0.2) is 17.1 Å². The molecule has 6 nitrogen and oxygen atoms in total. The number of methoxy groups -OCH3 is 3. The Hall–Kier alpha value is -1.76. The number of hydrogen-bond donors (Lipinski definition) is 2. The molecule has 0 heterocycles. The maximum atomic E-state index is 5.45. The lowest BCUT2D eigenvalue weighted by Gasteiger charge is -2.24. The minimum atomic E-state index is 0.138. The first-order chi connectivity index (χ1) is 11.4. The van der Waals surface area contributed by atoms with Crippen LogP contribution in [0.4, 0.5) is 0 Å². The third-order valence-corrected chi connectivity index (χ3v) is 4.94. The number of ether oxygens (including phenoxy) is 3. The summed E-state index contributed by atoms with van der Waals surface area (Å²) in [5.74, 6) is 2.79. The van der Waals surface area contributed by atoms with Crippen LogP contribution in [0.2, 0.25) is 0 Å². The van der Waals surface area contributed by atoms with Gasteiger partial charge >= 0.3 is 0 Å². The fraction of sp³-hybridized carbons (Fsp3) is 0.588. The molecule has 136 valence electrons. The lowest BCUT2D eigenvalue weighted by molar-refractivity contribution is 0.347. The molecule has 0 spiro atoms. The summed E-state index contributed by atoms with van der Waals surface area (Å²) < 4.78 is 16.2. The van der Waals surface area contributed by atoms with E-state index >= 15 is 0 Å². The maximum Gasteiger partial charge on any atom is 0.191 e. The molecule has 0 atom stereocenters. The highest BCUT2D eigenvalue weighted by Gasteiger charge is 2.17. The highest BCUT2D eigenvalue weighted by Crippen LogP contribution is 2.34. The molecule has 0 radical (unpaired) electrons. The molecule has 1 aromatic rings. The van der Waals surface area contributed by atoms with E-state index in [-0.39, 0.29) is 4.75 Å². The van der Waals surface area contributed by atoms with Crippen molar-refractivity contribution in [3.8, 4) is 17.2 Å². The summed E-state index contributed by atoms with van der Waals surface area (Å²) >= 11 is 1.81. The normalized spacial score (nSPS) is 11.9. The van der Waals surface area contributed by atoms with Gasteiger partial charge in [0.05, 0.1) is 21.3 Å². The van der Waals surface area contributed by atoms with Gasteiger partial charge in [0, 0.05) is 36.5 Å². The zero-order valence-electron chi connectivity index (χ0n) is 15.6. The highest BCUT2D eigenvalue weighted by atomic mass is 32.2. The summed E-state index contributed by atoms with van der Waals surface area (Å²) in [5, 5.41) is 6.64. The van der Waals surface area contributed by atoms with Crippen LogP contribution in [-0.4, -0.2) is 51.9 Å². The maximum absolute atomic E-state index is 5.45. The molecule has 24 heavy (non-hydrogen) atoms. The fourth-order valence-corrected chi connectivity index (χ4v) is 2.22. The number of aliphatic imine (C=N–C) groups is 1. The Morgan fingerprint density at radius 3 is 2.12 bits per heavy atom. The lowest BCUT2D eigenvalue weighted by atomic mass is 10.1. The van der Waals surface area contributed by atoms with E-state index in [9.17, 15) is 0 Å². The summed E-state index contributed by atoms with van der Waals surface area (Å²) in [7, 11) is 6.62. The fourth-order valence-electron chi connectivity index (χ4n) is 2.00. The summed E-state index contributed by atoms with van der Waals surface area (Å²) in [6.45, 7) is 5.75. The van der Waals surface area contributed by atoms with Gasteiger partial charge in [-0.05, 0) is 26.2 Å². The van der Waals surface area contributed by atoms with Gasteiger partial charge in [-0.3, -0.25) is 4.99 Å². The van der Waals surface area contributed by atoms with E-state index in [2.05, 4.69) is 35.7 Å². The number of benzene rings is 1. The number of rotatable bonds is 8. The first-order valence-electron chi connectivity index (χ1n) is 7.69. The van der Waals surface area contributed by atoms with Gasteiger partial charge in [0.2, 0.25) is 0 Å². The molecular formula is C17H29N3O3S. The molecule has 0 aliphatic carbocycles. The second-order valence-corrected chi connectivity index (χ2v) is 7.28. The minimum Gasteiger partial charge on any atom is -0.496 e. The molecule has 0 aromatic heterocycles. The van der Waals surface area contributed by atoms with Crippen LogP contribution in [0, 0.1) is 0 Å².